The quantitative estimate of drug-likeness (QED) is 0.311. The number of carbonyl (C=O) groups is 1. The molecule has 0 saturated heterocycles. The molecule has 3 N–H and O–H groups in total. The van der Waals surface area contributed by atoms with Gasteiger partial charge in [0.2, 0.25) is 0 Å². The van der Waals surface area contributed by atoms with Crippen molar-refractivity contribution in [2.24, 2.45) is 0 Å². The van der Waals surface area contributed by atoms with Gasteiger partial charge in [0.05, 0.1) is 25.4 Å². The average Bonchev–Trinajstić information content (AvgIpc) is 2.01. The Morgan fingerprint density at radius 2 is 1.93 bits per heavy atom. The first-order chi connectivity index (χ1) is 6.33. The van der Waals surface area contributed by atoms with Crippen LogP contribution in [0.1, 0.15) is 0 Å². The van der Waals surface area contributed by atoms with Gasteiger partial charge < -0.3 is 19.6 Å². The van der Waals surface area contributed by atoms with E-state index in [4.69, 9.17) is 19.6 Å². The molecule has 8 heteroatoms. The SMILES string of the molecule is C=C(COCCOP(=O)(O)O)C(=O)O. The number of phosphoric acid groups is 1. The minimum atomic E-state index is -4.47. The molecule has 0 fully saturated rings. The van der Waals surface area contributed by atoms with Crippen LogP contribution in [0, 0.1) is 0 Å². The zero-order valence-electron chi connectivity index (χ0n) is 7.25. The standard InChI is InChI=1S/C6H11O7P/c1-5(6(7)8)4-12-2-3-13-14(9,10)11/h1-4H2,(H,7,8)(H2,9,10,11). The molecule has 0 aliphatic heterocycles. The molecule has 0 spiro atoms. The summed E-state index contributed by atoms with van der Waals surface area (Å²) in [7, 11) is -4.47. The molecule has 0 aromatic heterocycles. The Morgan fingerprint density at radius 1 is 1.36 bits per heavy atom. The summed E-state index contributed by atoms with van der Waals surface area (Å²) < 4.78 is 18.9. The van der Waals surface area contributed by atoms with Crippen molar-refractivity contribution in [3.63, 3.8) is 0 Å². The van der Waals surface area contributed by atoms with Gasteiger partial charge in [-0.2, -0.15) is 0 Å². The summed E-state index contributed by atoms with van der Waals surface area (Å²) in [5, 5.41) is 8.33. The van der Waals surface area contributed by atoms with Gasteiger partial charge in [0.15, 0.2) is 0 Å². The summed E-state index contributed by atoms with van der Waals surface area (Å²) >= 11 is 0. The third-order valence-corrected chi connectivity index (χ3v) is 1.58. The van der Waals surface area contributed by atoms with E-state index in [1.807, 2.05) is 0 Å². The van der Waals surface area contributed by atoms with Crippen molar-refractivity contribution in [1.29, 1.82) is 0 Å². The number of ether oxygens (including phenoxy) is 1. The number of hydrogen-bond donors (Lipinski definition) is 3. The summed E-state index contributed by atoms with van der Waals surface area (Å²) in [6, 6.07) is 0. The molecule has 14 heavy (non-hydrogen) atoms. The molecule has 0 bridgehead atoms. The van der Waals surface area contributed by atoms with E-state index in [9.17, 15) is 9.36 Å². The highest BCUT2D eigenvalue weighted by Crippen LogP contribution is 2.35. The normalized spacial score (nSPS) is 11.3. The number of hydrogen-bond acceptors (Lipinski definition) is 4. The Bertz CT molecular complexity index is 255. The molecule has 0 atom stereocenters. The molecule has 0 aromatic rings. The molecular weight excluding hydrogens is 215 g/mol. The van der Waals surface area contributed by atoms with Crippen LogP contribution in [0.15, 0.2) is 12.2 Å². The van der Waals surface area contributed by atoms with Crippen LogP contribution in [0.5, 0.6) is 0 Å². The van der Waals surface area contributed by atoms with Crippen LogP contribution in [0.4, 0.5) is 0 Å². The molecule has 0 saturated carbocycles. The Morgan fingerprint density at radius 3 is 2.36 bits per heavy atom. The first-order valence-corrected chi connectivity index (χ1v) is 5.05. The maximum absolute atomic E-state index is 10.2. The van der Waals surface area contributed by atoms with E-state index in [0.29, 0.717) is 0 Å². The molecule has 82 valence electrons. The third kappa shape index (κ3) is 7.90. The van der Waals surface area contributed by atoms with E-state index >= 15 is 0 Å². The van der Waals surface area contributed by atoms with Crippen LogP contribution in [0.2, 0.25) is 0 Å². The van der Waals surface area contributed by atoms with Crippen molar-refractivity contribution in [2.45, 2.75) is 0 Å². The second-order valence-corrected chi connectivity index (χ2v) is 3.52. The lowest BCUT2D eigenvalue weighted by atomic mass is 10.3. The molecule has 0 rings (SSSR count). The Kier molecular flexibility index (Phi) is 5.59. The molecule has 0 amide bonds. The predicted molar refractivity (Wildman–Crippen MR) is 45.6 cm³/mol. The lowest BCUT2D eigenvalue weighted by Gasteiger charge is -2.05. The van der Waals surface area contributed by atoms with E-state index in [-0.39, 0.29) is 25.4 Å². The minimum absolute atomic E-state index is 0.114. The van der Waals surface area contributed by atoms with Crippen molar-refractivity contribution >= 4 is 13.8 Å². The number of carboxylic acid groups (broad SMARTS) is 1. The van der Waals surface area contributed by atoms with Crippen LogP contribution in [-0.4, -0.2) is 40.7 Å². The van der Waals surface area contributed by atoms with E-state index in [1.165, 1.54) is 0 Å². The molecule has 0 aromatic carbocycles. The number of phosphoric ester groups is 1. The fraction of sp³-hybridized carbons (Fsp3) is 0.500. The van der Waals surface area contributed by atoms with E-state index in [2.05, 4.69) is 11.1 Å². The first-order valence-electron chi connectivity index (χ1n) is 3.52. The van der Waals surface area contributed by atoms with Gasteiger partial charge >= 0.3 is 13.8 Å². The second kappa shape index (κ2) is 5.90. The summed E-state index contributed by atoms with van der Waals surface area (Å²) in [5.41, 5.74) is -0.138. The zero-order valence-corrected chi connectivity index (χ0v) is 8.14. The van der Waals surface area contributed by atoms with Crippen molar-refractivity contribution in [3.05, 3.63) is 12.2 Å². The molecule has 0 radical (unpaired) electrons. The highest BCUT2D eigenvalue weighted by molar-refractivity contribution is 7.46. The van der Waals surface area contributed by atoms with E-state index in [1.54, 1.807) is 0 Å². The van der Waals surface area contributed by atoms with Gasteiger partial charge in [-0.15, -0.1) is 0 Å². The summed E-state index contributed by atoms with van der Waals surface area (Å²) in [4.78, 5) is 26.7. The highest BCUT2D eigenvalue weighted by Gasteiger charge is 2.12. The molecule has 0 aliphatic carbocycles. The molecule has 7 nitrogen and oxygen atoms in total. The molecule has 0 aliphatic rings. The smallest absolute Gasteiger partial charge is 0.469 e. The largest absolute Gasteiger partial charge is 0.478 e. The van der Waals surface area contributed by atoms with Crippen LogP contribution in [0.25, 0.3) is 0 Å². The maximum Gasteiger partial charge on any atom is 0.469 e. The van der Waals surface area contributed by atoms with Crippen molar-refractivity contribution in [2.75, 3.05) is 19.8 Å². The Hall–Kier alpha value is -0.720. The van der Waals surface area contributed by atoms with Crippen LogP contribution in [-0.2, 0) is 18.6 Å². The van der Waals surface area contributed by atoms with Crippen LogP contribution in [0.3, 0.4) is 0 Å². The number of rotatable bonds is 7. The minimum Gasteiger partial charge on any atom is -0.478 e. The summed E-state index contributed by atoms with van der Waals surface area (Å²) in [6.07, 6.45) is 0. The third-order valence-electron chi connectivity index (χ3n) is 1.07. The second-order valence-electron chi connectivity index (χ2n) is 2.29. The van der Waals surface area contributed by atoms with Crippen molar-refractivity contribution < 1.29 is 33.5 Å². The Balaban J connectivity index is 3.44. The summed E-state index contributed by atoms with van der Waals surface area (Å²) in [6.45, 7) is 2.55. The Labute approximate surface area is 80.2 Å². The zero-order chi connectivity index (χ0) is 11.2. The van der Waals surface area contributed by atoms with Gasteiger partial charge in [-0.05, 0) is 0 Å². The van der Waals surface area contributed by atoms with Gasteiger partial charge in [-0.25, -0.2) is 9.36 Å². The van der Waals surface area contributed by atoms with Gasteiger partial charge in [0.25, 0.3) is 0 Å². The maximum atomic E-state index is 10.2. The number of aliphatic carboxylic acids is 1. The lowest BCUT2D eigenvalue weighted by molar-refractivity contribution is -0.133. The lowest BCUT2D eigenvalue weighted by Crippen LogP contribution is -2.10. The van der Waals surface area contributed by atoms with E-state index < -0.39 is 13.8 Å². The van der Waals surface area contributed by atoms with Gasteiger partial charge in [-0.1, -0.05) is 6.58 Å². The fourth-order valence-electron chi connectivity index (χ4n) is 0.472. The summed E-state index contributed by atoms with van der Waals surface area (Å²) in [5.74, 6) is -1.18. The van der Waals surface area contributed by atoms with Crippen LogP contribution >= 0.6 is 7.82 Å². The predicted octanol–water partition coefficient (Wildman–Crippen LogP) is -0.247. The van der Waals surface area contributed by atoms with Gasteiger partial charge in [-0.3, -0.25) is 4.52 Å². The van der Waals surface area contributed by atoms with Gasteiger partial charge in [0, 0.05) is 0 Å². The first kappa shape index (κ1) is 13.3. The van der Waals surface area contributed by atoms with Crippen LogP contribution < -0.4 is 0 Å². The highest BCUT2D eigenvalue weighted by atomic mass is 31.2. The average molecular weight is 226 g/mol. The van der Waals surface area contributed by atoms with Gasteiger partial charge in [0.1, 0.15) is 0 Å². The van der Waals surface area contributed by atoms with Crippen molar-refractivity contribution in [3.8, 4) is 0 Å². The van der Waals surface area contributed by atoms with Crippen molar-refractivity contribution in [1.82, 2.24) is 0 Å². The molecule has 0 heterocycles. The molecular formula is C6H11O7P. The fourth-order valence-corrected chi connectivity index (χ4v) is 0.785. The van der Waals surface area contributed by atoms with E-state index in [0.717, 1.165) is 0 Å². The number of carboxylic acids is 1. The monoisotopic (exact) mass is 226 g/mol. The topological polar surface area (TPSA) is 113 Å². The molecule has 0 unspecified atom stereocenters.